The molecule has 2 nitrogen and oxygen atoms in total. The van der Waals surface area contributed by atoms with E-state index in [-0.39, 0.29) is 9.71 Å². The smallest absolute Gasteiger partial charge is 0.172 e. The Hall–Kier alpha value is -0.320. The van der Waals surface area contributed by atoms with Crippen LogP contribution >= 0.6 is 22.6 Å². The van der Waals surface area contributed by atoms with Crippen molar-refractivity contribution < 1.29 is 4.79 Å². The van der Waals surface area contributed by atoms with Crippen molar-refractivity contribution in [1.82, 2.24) is 0 Å². The average molecular weight is 235 g/mol. The lowest BCUT2D eigenvalue weighted by molar-refractivity contribution is -0.113. The Kier molecular flexibility index (Phi) is 1.90. The molecule has 0 heterocycles. The summed E-state index contributed by atoms with van der Waals surface area (Å²) in [7, 11) is 0. The van der Waals surface area contributed by atoms with Gasteiger partial charge >= 0.3 is 0 Å². The molecular weight excluding hydrogens is 229 g/mol. The first-order valence-corrected chi connectivity index (χ1v) is 3.78. The summed E-state index contributed by atoms with van der Waals surface area (Å²) < 4.78 is -0.0624. The van der Waals surface area contributed by atoms with Gasteiger partial charge in [-0.05, 0) is 18.2 Å². The zero-order chi connectivity index (χ0) is 6.85. The first-order valence-electron chi connectivity index (χ1n) is 2.53. The van der Waals surface area contributed by atoms with Gasteiger partial charge in [-0.1, -0.05) is 22.6 Å². The van der Waals surface area contributed by atoms with Gasteiger partial charge in [0.1, 0.15) is 0 Å². The summed E-state index contributed by atoms with van der Waals surface area (Å²) >= 11 is 2.04. The Morgan fingerprint density at radius 3 is 2.67 bits per heavy atom. The van der Waals surface area contributed by atoms with E-state index in [4.69, 9.17) is 5.73 Å². The molecule has 0 fully saturated rings. The molecule has 1 aliphatic rings. The first kappa shape index (κ1) is 6.80. The highest BCUT2D eigenvalue weighted by atomic mass is 127. The van der Waals surface area contributed by atoms with Gasteiger partial charge in [0, 0.05) is 5.70 Å². The van der Waals surface area contributed by atoms with Crippen molar-refractivity contribution in [2.45, 2.75) is 3.92 Å². The predicted molar refractivity (Wildman–Crippen MR) is 44.2 cm³/mol. The van der Waals surface area contributed by atoms with E-state index in [0.717, 1.165) is 0 Å². The maximum Gasteiger partial charge on any atom is 0.172 e. The number of carbonyl (C=O) groups excluding carboxylic acids is 1. The fraction of sp³-hybridized carbons (Fsp3) is 0.167. The number of carbonyl (C=O) groups is 1. The minimum atomic E-state index is -0.0624. The van der Waals surface area contributed by atoms with Gasteiger partial charge in [0.2, 0.25) is 0 Å². The number of ketones is 1. The van der Waals surface area contributed by atoms with Crippen LogP contribution in [0, 0.1) is 0 Å². The van der Waals surface area contributed by atoms with E-state index in [1.807, 2.05) is 22.6 Å². The fourth-order valence-corrected chi connectivity index (χ4v) is 1.20. The van der Waals surface area contributed by atoms with Crippen molar-refractivity contribution in [1.29, 1.82) is 0 Å². The standard InChI is InChI=1S/C6H6INO/c7-5-3-4(8)1-2-6(5)9/h1-3,5H,8H2. The summed E-state index contributed by atoms with van der Waals surface area (Å²) in [5, 5.41) is 0. The lowest BCUT2D eigenvalue weighted by atomic mass is 10.1. The van der Waals surface area contributed by atoms with Gasteiger partial charge in [-0.3, -0.25) is 4.79 Å². The van der Waals surface area contributed by atoms with Crippen LogP contribution in [0.3, 0.4) is 0 Å². The number of hydrogen-bond donors (Lipinski definition) is 1. The SMILES string of the molecule is NC1=CC(I)C(=O)C=C1. The zero-order valence-corrected chi connectivity index (χ0v) is 6.83. The highest BCUT2D eigenvalue weighted by molar-refractivity contribution is 14.1. The van der Waals surface area contributed by atoms with Gasteiger partial charge in [0.25, 0.3) is 0 Å². The summed E-state index contributed by atoms with van der Waals surface area (Å²) in [6.45, 7) is 0. The van der Waals surface area contributed by atoms with E-state index in [9.17, 15) is 4.79 Å². The van der Waals surface area contributed by atoms with Crippen LogP contribution in [0.25, 0.3) is 0 Å². The maximum absolute atomic E-state index is 10.7. The molecular formula is C6H6INO. The Bertz CT molecular complexity index is 195. The summed E-state index contributed by atoms with van der Waals surface area (Å²) in [6, 6.07) is 0. The molecule has 1 unspecified atom stereocenters. The van der Waals surface area contributed by atoms with Gasteiger partial charge in [-0.15, -0.1) is 0 Å². The quantitative estimate of drug-likeness (QED) is 0.497. The molecule has 0 amide bonds. The molecule has 0 saturated heterocycles. The molecule has 1 rings (SSSR count). The van der Waals surface area contributed by atoms with Crippen LogP contribution in [0.1, 0.15) is 0 Å². The number of hydrogen-bond acceptors (Lipinski definition) is 2. The number of halogens is 1. The van der Waals surface area contributed by atoms with E-state index in [2.05, 4.69) is 0 Å². The minimum Gasteiger partial charge on any atom is -0.399 e. The van der Waals surface area contributed by atoms with Gasteiger partial charge in [-0.2, -0.15) is 0 Å². The first-order chi connectivity index (χ1) is 4.20. The number of rotatable bonds is 0. The van der Waals surface area contributed by atoms with Crippen LogP contribution in [0.2, 0.25) is 0 Å². The number of nitrogens with two attached hydrogens (primary N) is 1. The maximum atomic E-state index is 10.7. The highest BCUT2D eigenvalue weighted by Crippen LogP contribution is 2.11. The summed E-state index contributed by atoms with van der Waals surface area (Å²) in [5.41, 5.74) is 6.08. The van der Waals surface area contributed by atoms with Crippen molar-refractivity contribution >= 4 is 28.4 Å². The van der Waals surface area contributed by atoms with Gasteiger partial charge in [0.15, 0.2) is 5.78 Å². The molecule has 1 atom stereocenters. The van der Waals surface area contributed by atoms with Gasteiger partial charge in [-0.25, -0.2) is 0 Å². The number of alkyl halides is 1. The summed E-state index contributed by atoms with van der Waals surface area (Å²) in [4.78, 5) is 10.7. The average Bonchev–Trinajstić information content (AvgIpc) is 1.80. The Morgan fingerprint density at radius 2 is 2.22 bits per heavy atom. The zero-order valence-electron chi connectivity index (χ0n) is 4.67. The molecule has 0 aromatic carbocycles. The van der Waals surface area contributed by atoms with Crippen LogP contribution in [0.15, 0.2) is 23.9 Å². The Morgan fingerprint density at radius 1 is 1.56 bits per heavy atom. The second-order valence-corrected chi connectivity index (χ2v) is 3.15. The largest absolute Gasteiger partial charge is 0.399 e. The van der Waals surface area contributed by atoms with Crippen LogP contribution in [-0.4, -0.2) is 9.71 Å². The van der Waals surface area contributed by atoms with E-state index in [1.54, 1.807) is 12.2 Å². The Balaban J connectivity index is 2.82. The highest BCUT2D eigenvalue weighted by Gasteiger charge is 2.11. The molecule has 1 aliphatic carbocycles. The third-order valence-electron chi connectivity index (χ3n) is 1.05. The van der Waals surface area contributed by atoms with E-state index >= 15 is 0 Å². The monoisotopic (exact) mass is 235 g/mol. The van der Waals surface area contributed by atoms with Crippen molar-refractivity contribution in [2.24, 2.45) is 5.73 Å². The van der Waals surface area contributed by atoms with Gasteiger partial charge < -0.3 is 5.73 Å². The van der Waals surface area contributed by atoms with Crippen molar-refractivity contribution in [3.8, 4) is 0 Å². The summed E-state index contributed by atoms with van der Waals surface area (Å²) in [6.07, 6.45) is 4.87. The molecule has 48 valence electrons. The molecule has 0 saturated carbocycles. The predicted octanol–water partition coefficient (Wildman–Crippen LogP) is 0.772. The van der Waals surface area contributed by atoms with Gasteiger partial charge in [0.05, 0.1) is 3.92 Å². The van der Waals surface area contributed by atoms with Crippen LogP contribution in [-0.2, 0) is 4.79 Å². The van der Waals surface area contributed by atoms with E-state index in [0.29, 0.717) is 5.70 Å². The van der Waals surface area contributed by atoms with Crippen LogP contribution in [0.4, 0.5) is 0 Å². The second kappa shape index (κ2) is 2.51. The second-order valence-electron chi connectivity index (χ2n) is 1.80. The van der Waals surface area contributed by atoms with Crippen molar-refractivity contribution in [3.63, 3.8) is 0 Å². The molecule has 0 spiro atoms. The van der Waals surface area contributed by atoms with Crippen molar-refractivity contribution in [2.75, 3.05) is 0 Å². The number of allylic oxidation sites excluding steroid dienone is 3. The minimum absolute atomic E-state index is 0.0624. The molecule has 0 aromatic heterocycles. The normalized spacial score (nSPS) is 26.1. The third kappa shape index (κ3) is 1.54. The molecule has 3 heteroatoms. The fourth-order valence-electron chi connectivity index (χ4n) is 0.577. The Labute approximate surface area is 66.9 Å². The van der Waals surface area contributed by atoms with Crippen LogP contribution < -0.4 is 5.73 Å². The molecule has 0 radical (unpaired) electrons. The summed E-state index contributed by atoms with van der Waals surface area (Å²) in [5.74, 6) is 0.116. The molecule has 9 heavy (non-hydrogen) atoms. The molecule has 0 aliphatic heterocycles. The molecule has 0 bridgehead atoms. The molecule has 0 aromatic rings. The lowest BCUT2D eigenvalue weighted by Crippen LogP contribution is -2.14. The van der Waals surface area contributed by atoms with E-state index in [1.165, 1.54) is 6.08 Å². The third-order valence-corrected chi connectivity index (χ3v) is 2.02. The van der Waals surface area contributed by atoms with Crippen molar-refractivity contribution in [3.05, 3.63) is 23.9 Å². The lowest BCUT2D eigenvalue weighted by Gasteiger charge is -2.04. The van der Waals surface area contributed by atoms with E-state index < -0.39 is 0 Å². The molecule has 2 N–H and O–H groups in total. The van der Waals surface area contributed by atoms with Crippen LogP contribution in [0.5, 0.6) is 0 Å². The topological polar surface area (TPSA) is 43.1 Å².